The lowest BCUT2D eigenvalue weighted by atomic mass is 10.3. The second kappa shape index (κ2) is 3.88. The zero-order chi connectivity index (χ0) is 9.94. The molecule has 0 aliphatic rings. The molecular formula is C5H8F3NO2S. The number of hydrogen-bond acceptors (Lipinski definition) is 2. The molecule has 0 radical (unpaired) electrons. The number of carbonyl (C=O) groups excluding carboxylic acids is 1. The molecule has 1 amide bonds. The molecule has 0 saturated heterocycles. The Morgan fingerprint density at radius 1 is 1.58 bits per heavy atom. The first-order valence-corrected chi connectivity index (χ1v) is 4.54. The third kappa shape index (κ3) is 3.70. The molecule has 2 N–H and O–H groups in total. The van der Waals surface area contributed by atoms with Crippen molar-refractivity contribution in [3.05, 3.63) is 0 Å². The van der Waals surface area contributed by atoms with Crippen LogP contribution in [0.15, 0.2) is 0 Å². The van der Waals surface area contributed by atoms with Crippen molar-refractivity contribution in [2.75, 3.05) is 6.26 Å². The molecule has 0 aliphatic heterocycles. The van der Waals surface area contributed by atoms with E-state index >= 15 is 0 Å². The third-order valence-electron chi connectivity index (χ3n) is 1.15. The minimum absolute atomic E-state index is 0.890. The maximum Gasteiger partial charge on any atom is 0.403 e. The molecule has 0 aliphatic carbocycles. The molecule has 3 nitrogen and oxygen atoms in total. The minimum Gasteiger partial charge on any atom is -0.370 e. The standard InChI is InChI=1S/C5H8F3NO2S/c1-12(11)3(2-4(9)10)5(6,7)8/h3H,2H2,1H3,(H2,9,10). The lowest BCUT2D eigenvalue weighted by Crippen LogP contribution is -2.36. The molecule has 0 rings (SSSR count). The smallest absolute Gasteiger partial charge is 0.370 e. The molecule has 2 unspecified atom stereocenters. The van der Waals surface area contributed by atoms with Crippen molar-refractivity contribution in [3.63, 3.8) is 0 Å². The number of primary amides is 1. The van der Waals surface area contributed by atoms with E-state index in [0.717, 1.165) is 6.26 Å². The lowest BCUT2D eigenvalue weighted by molar-refractivity contribution is -0.139. The van der Waals surface area contributed by atoms with Gasteiger partial charge in [-0.05, 0) is 0 Å². The Labute approximate surface area is 69.6 Å². The predicted molar refractivity (Wildman–Crippen MR) is 37.7 cm³/mol. The highest BCUT2D eigenvalue weighted by Crippen LogP contribution is 2.25. The predicted octanol–water partition coefficient (Wildman–Crippen LogP) is 0.171. The van der Waals surface area contributed by atoms with Crippen molar-refractivity contribution in [3.8, 4) is 0 Å². The van der Waals surface area contributed by atoms with Crippen molar-refractivity contribution in [1.29, 1.82) is 0 Å². The maximum absolute atomic E-state index is 11.9. The van der Waals surface area contributed by atoms with Crippen LogP contribution in [-0.2, 0) is 15.6 Å². The van der Waals surface area contributed by atoms with Crippen LogP contribution in [0.25, 0.3) is 0 Å². The van der Waals surface area contributed by atoms with Gasteiger partial charge in [0.05, 0.1) is 0 Å². The first-order valence-electron chi connectivity index (χ1n) is 2.92. The van der Waals surface area contributed by atoms with E-state index in [2.05, 4.69) is 5.73 Å². The molecule has 0 aromatic carbocycles. The summed E-state index contributed by atoms with van der Waals surface area (Å²) in [4.78, 5) is 10.1. The van der Waals surface area contributed by atoms with E-state index < -0.39 is 34.6 Å². The van der Waals surface area contributed by atoms with E-state index in [1.807, 2.05) is 0 Å². The zero-order valence-electron chi connectivity index (χ0n) is 6.22. The molecule has 0 saturated carbocycles. The van der Waals surface area contributed by atoms with Crippen molar-refractivity contribution >= 4 is 16.7 Å². The summed E-state index contributed by atoms with van der Waals surface area (Å²) in [6.45, 7) is 0. The van der Waals surface area contributed by atoms with Crippen LogP contribution in [0.4, 0.5) is 13.2 Å². The molecule has 0 fully saturated rings. The third-order valence-corrected chi connectivity index (χ3v) is 2.39. The number of carbonyl (C=O) groups is 1. The Morgan fingerprint density at radius 3 is 2.08 bits per heavy atom. The van der Waals surface area contributed by atoms with Gasteiger partial charge < -0.3 is 5.73 Å². The Kier molecular flexibility index (Phi) is 3.69. The number of rotatable bonds is 3. The van der Waals surface area contributed by atoms with Gasteiger partial charge in [-0.15, -0.1) is 0 Å². The zero-order valence-corrected chi connectivity index (χ0v) is 7.04. The molecule has 0 aromatic rings. The Hall–Kier alpha value is -0.590. The van der Waals surface area contributed by atoms with Crippen molar-refractivity contribution in [2.45, 2.75) is 17.8 Å². The Morgan fingerprint density at radius 2 is 2.00 bits per heavy atom. The summed E-state index contributed by atoms with van der Waals surface area (Å²) >= 11 is 0. The number of alkyl halides is 3. The number of halogens is 3. The average molecular weight is 203 g/mol. The highest BCUT2D eigenvalue weighted by Gasteiger charge is 2.43. The van der Waals surface area contributed by atoms with Gasteiger partial charge in [-0.25, -0.2) is 0 Å². The van der Waals surface area contributed by atoms with Crippen molar-refractivity contribution in [2.24, 2.45) is 5.73 Å². The topological polar surface area (TPSA) is 60.2 Å². The molecule has 7 heteroatoms. The second-order valence-electron chi connectivity index (χ2n) is 2.20. The number of nitrogens with two attached hydrogens (primary N) is 1. The van der Waals surface area contributed by atoms with E-state index in [-0.39, 0.29) is 0 Å². The molecule has 2 atom stereocenters. The highest BCUT2D eigenvalue weighted by molar-refractivity contribution is 7.85. The summed E-state index contributed by atoms with van der Waals surface area (Å²) in [7, 11) is -2.12. The van der Waals surface area contributed by atoms with E-state index in [1.54, 1.807) is 0 Å². The second-order valence-corrected chi connectivity index (χ2v) is 3.77. The van der Waals surface area contributed by atoms with Gasteiger partial charge in [0.15, 0.2) is 0 Å². The van der Waals surface area contributed by atoms with Crippen LogP contribution < -0.4 is 5.73 Å². The summed E-state index contributed by atoms with van der Waals surface area (Å²) in [5, 5.41) is -2.14. The van der Waals surface area contributed by atoms with Gasteiger partial charge in [-0.2, -0.15) is 13.2 Å². The molecule has 12 heavy (non-hydrogen) atoms. The number of amides is 1. The molecule has 72 valence electrons. The summed E-state index contributed by atoms with van der Waals surface area (Å²) in [6.07, 6.45) is -4.66. The van der Waals surface area contributed by atoms with Gasteiger partial charge in [0.2, 0.25) is 5.91 Å². The fourth-order valence-corrected chi connectivity index (χ4v) is 1.38. The first kappa shape index (κ1) is 11.4. The van der Waals surface area contributed by atoms with Gasteiger partial charge in [-0.1, -0.05) is 0 Å². The van der Waals surface area contributed by atoms with E-state index in [4.69, 9.17) is 0 Å². The molecule has 0 heterocycles. The highest BCUT2D eigenvalue weighted by atomic mass is 32.2. The Bertz CT molecular complexity index is 203. The quantitative estimate of drug-likeness (QED) is 0.710. The van der Waals surface area contributed by atoms with Crippen LogP contribution >= 0.6 is 0 Å². The first-order chi connectivity index (χ1) is 5.25. The average Bonchev–Trinajstić information content (AvgIpc) is 1.79. The van der Waals surface area contributed by atoms with Gasteiger partial charge in [-0.3, -0.25) is 9.00 Å². The largest absolute Gasteiger partial charge is 0.403 e. The van der Waals surface area contributed by atoms with Crippen LogP contribution in [0.5, 0.6) is 0 Å². The van der Waals surface area contributed by atoms with E-state index in [1.165, 1.54) is 0 Å². The maximum atomic E-state index is 11.9. The summed E-state index contributed by atoms with van der Waals surface area (Å²) in [5.41, 5.74) is 4.55. The monoisotopic (exact) mass is 203 g/mol. The van der Waals surface area contributed by atoms with Crippen LogP contribution in [0.1, 0.15) is 6.42 Å². The van der Waals surface area contributed by atoms with Gasteiger partial charge in [0.25, 0.3) is 0 Å². The minimum atomic E-state index is -4.63. The Balaban J connectivity index is 4.46. The van der Waals surface area contributed by atoms with Gasteiger partial charge in [0.1, 0.15) is 5.25 Å². The van der Waals surface area contributed by atoms with Gasteiger partial charge >= 0.3 is 6.18 Å². The van der Waals surface area contributed by atoms with Crippen LogP contribution in [-0.4, -0.2) is 27.8 Å². The molecule has 0 aromatic heterocycles. The van der Waals surface area contributed by atoms with Gasteiger partial charge in [0, 0.05) is 23.5 Å². The fourth-order valence-electron chi connectivity index (χ4n) is 0.604. The number of hydrogen-bond donors (Lipinski definition) is 1. The summed E-state index contributed by atoms with van der Waals surface area (Å²) in [6, 6.07) is 0. The van der Waals surface area contributed by atoms with Crippen LogP contribution in [0, 0.1) is 0 Å². The van der Waals surface area contributed by atoms with E-state index in [9.17, 15) is 22.2 Å². The fraction of sp³-hybridized carbons (Fsp3) is 0.800. The summed E-state index contributed by atoms with van der Waals surface area (Å²) in [5.74, 6) is -1.10. The van der Waals surface area contributed by atoms with Crippen molar-refractivity contribution in [1.82, 2.24) is 0 Å². The molecular weight excluding hydrogens is 195 g/mol. The van der Waals surface area contributed by atoms with Crippen LogP contribution in [0.3, 0.4) is 0 Å². The lowest BCUT2D eigenvalue weighted by Gasteiger charge is -2.15. The van der Waals surface area contributed by atoms with E-state index in [0.29, 0.717) is 0 Å². The molecule has 0 bridgehead atoms. The normalized spacial score (nSPS) is 17.0. The SMILES string of the molecule is CS(=O)C(CC(N)=O)C(F)(F)F. The van der Waals surface area contributed by atoms with Crippen molar-refractivity contribution < 1.29 is 22.2 Å². The molecule has 0 spiro atoms. The summed E-state index contributed by atoms with van der Waals surface area (Å²) < 4.78 is 46.3. The van der Waals surface area contributed by atoms with Crippen LogP contribution in [0.2, 0.25) is 0 Å².